The van der Waals surface area contributed by atoms with Gasteiger partial charge < -0.3 is 19.4 Å². The van der Waals surface area contributed by atoms with Crippen LogP contribution < -0.4 is 0 Å². The molecule has 1 aromatic rings. The molecule has 0 aromatic heterocycles. The minimum absolute atomic E-state index is 0.0332. The van der Waals surface area contributed by atoms with E-state index < -0.39 is 28.7 Å². The first kappa shape index (κ1) is 21.7. The largest absolute Gasteiger partial charge is 0.508 e. The summed E-state index contributed by atoms with van der Waals surface area (Å²) in [6.07, 6.45) is -0.296. The number of aromatic hydroxyl groups is 1. The van der Waals surface area contributed by atoms with E-state index in [4.69, 9.17) is 14.3 Å². The molecular formula is C21H29NO6. The van der Waals surface area contributed by atoms with E-state index in [1.165, 1.54) is 0 Å². The number of carbonyl (C=O) groups excluding carboxylic acids is 2. The molecule has 1 aliphatic rings. The van der Waals surface area contributed by atoms with Gasteiger partial charge in [-0.3, -0.25) is 4.79 Å². The fourth-order valence-electron chi connectivity index (χ4n) is 2.80. The zero-order valence-electron chi connectivity index (χ0n) is 17.6. The van der Waals surface area contributed by atoms with E-state index in [-0.39, 0.29) is 18.6 Å². The summed E-state index contributed by atoms with van der Waals surface area (Å²) in [6.45, 7) is 12.3. The fraction of sp³-hybridized carbons (Fsp3) is 0.571. The number of rotatable bonds is 4. The Morgan fingerprint density at radius 2 is 1.75 bits per heavy atom. The molecule has 1 N–H and O–H groups in total. The average Bonchev–Trinajstić information content (AvgIpc) is 2.91. The van der Waals surface area contributed by atoms with Gasteiger partial charge in [-0.1, -0.05) is 11.2 Å². The third-order valence-corrected chi connectivity index (χ3v) is 3.94. The number of phenolic OH excluding ortho intramolecular Hbond substituents is 1. The molecule has 0 fully saturated rings. The molecule has 0 amide bonds. The van der Waals surface area contributed by atoms with Crippen LogP contribution in [-0.4, -0.2) is 39.6 Å². The number of esters is 2. The van der Waals surface area contributed by atoms with Crippen molar-refractivity contribution in [2.75, 3.05) is 0 Å². The second kappa shape index (κ2) is 7.45. The quantitative estimate of drug-likeness (QED) is 0.788. The lowest BCUT2D eigenvalue weighted by atomic mass is 9.89. The van der Waals surface area contributed by atoms with Gasteiger partial charge >= 0.3 is 11.9 Å². The van der Waals surface area contributed by atoms with Gasteiger partial charge in [0.05, 0.1) is 12.1 Å². The van der Waals surface area contributed by atoms with Crippen molar-refractivity contribution < 1.29 is 29.0 Å². The molecular weight excluding hydrogens is 362 g/mol. The fourth-order valence-corrected chi connectivity index (χ4v) is 2.80. The molecule has 0 radical (unpaired) electrons. The molecule has 1 aliphatic heterocycles. The first-order valence-electron chi connectivity index (χ1n) is 9.21. The SMILES string of the molecule is Cc1ccc(O)cc1C1=NOC(CC(=O)OC(C)(C)C)(C(=O)OC(C)(C)C)C1. The predicted molar refractivity (Wildman–Crippen MR) is 104 cm³/mol. The normalized spacial score (nSPS) is 19.6. The molecule has 0 bridgehead atoms. The molecule has 0 aliphatic carbocycles. The number of oxime groups is 1. The maximum absolute atomic E-state index is 12.9. The van der Waals surface area contributed by atoms with Crippen molar-refractivity contribution in [2.45, 2.75) is 78.1 Å². The van der Waals surface area contributed by atoms with Gasteiger partial charge in [0.1, 0.15) is 17.0 Å². The topological polar surface area (TPSA) is 94.4 Å². The highest BCUT2D eigenvalue weighted by atomic mass is 16.7. The van der Waals surface area contributed by atoms with Crippen molar-refractivity contribution >= 4 is 17.7 Å². The number of benzene rings is 1. The van der Waals surface area contributed by atoms with Crippen LogP contribution in [0.4, 0.5) is 0 Å². The van der Waals surface area contributed by atoms with Crippen molar-refractivity contribution in [2.24, 2.45) is 5.16 Å². The highest BCUT2D eigenvalue weighted by Crippen LogP contribution is 2.35. The van der Waals surface area contributed by atoms with Crippen LogP contribution in [-0.2, 0) is 23.9 Å². The van der Waals surface area contributed by atoms with Crippen LogP contribution in [0.2, 0.25) is 0 Å². The Hall–Kier alpha value is -2.57. The minimum Gasteiger partial charge on any atom is -0.508 e. The van der Waals surface area contributed by atoms with Crippen LogP contribution in [0.1, 0.15) is 65.5 Å². The molecule has 0 spiro atoms. The number of phenols is 1. The third kappa shape index (κ3) is 5.47. The van der Waals surface area contributed by atoms with E-state index in [1.54, 1.807) is 59.7 Å². The summed E-state index contributed by atoms with van der Waals surface area (Å²) >= 11 is 0. The smallest absolute Gasteiger partial charge is 0.354 e. The highest BCUT2D eigenvalue weighted by molar-refractivity contribution is 6.06. The molecule has 1 atom stereocenters. The lowest BCUT2D eigenvalue weighted by molar-refractivity contribution is -0.188. The van der Waals surface area contributed by atoms with Crippen molar-refractivity contribution in [3.05, 3.63) is 29.3 Å². The molecule has 1 unspecified atom stereocenters. The Morgan fingerprint density at radius 3 is 2.32 bits per heavy atom. The van der Waals surface area contributed by atoms with Crippen LogP contribution in [0.5, 0.6) is 5.75 Å². The van der Waals surface area contributed by atoms with Gasteiger partial charge in [-0.2, -0.15) is 0 Å². The lowest BCUT2D eigenvalue weighted by Gasteiger charge is -2.29. The number of aryl methyl sites for hydroxylation is 1. The maximum atomic E-state index is 12.9. The molecule has 1 aromatic carbocycles. The summed E-state index contributed by atoms with van der Waals surface area (Å²) in [6, 6.07) is 4.86. The first-order valence-corrected chi connectivity index (χ1v) is 9.21. The first-order chi connectivity index (χ1) is 12.7. The lowest BCUT2D eigenvalue weighted by Crippen LogP contribution is -2.46. The standard InChI is InChI=1S/C21H29NO6/c1-13-8-9-14(23)10-15(13)16-11-21(28-22-16,18(25)27-20(5,6)7)12-17(24)26-19(2,3)4/h8-10,23H,11-12H2,1-7H3. The van der Waals surface area contributed by atoms with E-state index in [9.17, 15) is 14.7 Å². The maximum Gasteiger partial charge on any atom is 0.354 e. The summed E-state index contributed by atoms with van der Waals surface area (Å²) in [7, 11) is 0. The Morgan fingerprint density at radius 1 is 1.14 bits per heavy atom. The Balaban J connectivity index is 2.32. The monoisotopic (exact) mass is 391 g/mol. The minimum atomic E-state index is -1.61. The Bertz CT molecular complexity index is 800. The summed E-state index contributed by atoms with van der Waals surface area (Å²) in [5.74, 6) is -1.19. The Labute approximate surface area is 165 Å². The van der Waals surface area contributed by atoms with Crippen LogP contribution in [0.15, 0.2) is 23.4 Å². The second-order valence-electron chi connectivity index (χ2n) is 9.06. The molecule has 28 heavy (non-hydrogen) atoms. The third-order valence-electron chi connectivity index (χ3n) is 3.94. The van der Waals surface area contributed by atoms with Crippen molar-refractivity contribution in [1.29, 1.82) is 0 Å². The summed E-state index contributed by atoms with van der Waals surface area (Å²) in [5, 5.41) is 13.9. The molecule has 1 heterocycles. The van der Waals surface area contributed by atoms with Crippen LogP contribution in [0, 0.1) is 6.92 Å². The average molecular weight is 391 g/mol. The van der Waals surface area contributed by atoms with E-state index >= 15 is 0 Å². The van der Waals surface area contributed by atoms with Crippen molar-refractivity contribution in [1.82, 2.24) is 0 Å². The number of carbonyl (C=O) groups is 2. The van der Waals surface area contributed by atoms with E-state index in [2.05, 4.69) is 5.16 Å². The zero-order valence-corrected chi connectivity index (χ0v) is 17.6. The van der Waals surface area contributed by atoms with E-state index in [1.807, 2.05) is 6.92 Å². The van der Waals surface area contributed by atoms with E-state index in [0.29, 0.717) is 11.3 Å². The van der Waals surface area contributed by atoms with Crippen molar-refractivity contribution in [3.63, 3.8) is 0 Å². The summed E-state index contributed by atoms with van der Waals surface area (Å²) < 4.78 is 10.9. The van der Waals surface area contributed by atoms with Gasteiger partial charge in [-0.05, 0) is 66.2 Å². The molecule has 2 rings (SSSR count). The van der Waals surface area contributed by atoms with Crippen molar-refractivity contribution in [3.8, 4) is 5.75 Å². The van der Waals surface area contributed by atoms with Crippen LogP contribution >= 0.6 is 0 Å². The van der Waals surface area contributed by atoms with Gasteiger partial charge in [-0.25, -0.2) is 4.79 Å². The van der Waals surface area contributed by atoms with Gasteiger partial charge in [0.2, 0.25) is 5.60 Å². The molecule has 0 saturated heterocycles. The summed E-state index contributed by atoms with van der Waals surface area (Å²) in [4.78, 5) is 30.9. The summed E-state index contributed by atoms with van der Waals surface area (Å²) in [5.41, 5.74) is -1.10. The van der Waals surface area contributed by atoms with Crippen LogP contribution in [0.25, 0.3) is 0 Å². The van der Waals surface area contributed by atoms with Gasteiger partial charge in [-0.15, -0.1) is 0 Å². The number of ether oxygens (including phenoxy) is 2. The van der Waals surface area contributed by atoms with Gasteiger partial charge in [0.25, 0.3) is 0 Å². The molecule has 7 heteroatoms. The van der Waals surface area contributed by atoms with Gasteiger partial charge in [0.15, 0.2) is 0 Å². The second-order valence-corrected chi connectivity index (χ2v) is 9.06. The van der Waals surface area contributed by atoms with Gasteiger partial charge in [0, 0.05) is 12.0 Å². The highest BCUT2D eigenvalue weighted by Gasteiger charge is 2.52. The molecule has 154 valence electrons. The molecule has 0 saturated carbocycles. The Kier molecular flexibility index (Phi) is 5.78. The number of nitrogens with zero attached hydrogens (tertiary/aromatic N) is 1. The zero-order chi connectivity index (χ0) is 21.3. The predicted octanol–water partition coefficient (Wildman–Crippen LogP) is 3.64. The van der Waals surface area contributed by atoms with E-state index in [0.717, 1.165) is 5.56 Å². The number of hydrogen-bond acceptors (Lipinski definition) is 7. The number of hydrogen-bond donors (Lipinski definition) is 1. The van der Waals surface area contributed by atoms with Crippen LogP contribution in [0.3, 0.4) is 0 Å². The molecule has 7 nitrogen and oxygen atoms in total.